The number of benzene rings is 1. The summed E-state index contributed by atoms with van der Waals surface area (Å²) in [5.74, 6) is 1.41. The van der Waals surface area contributed by atoms with Gasteiger partial charge in [0.1, 0.15) is 0 Å². The van der Waals surface area contributed by atoms with E-state index in [0.717, 1.165) is 36.7 Å². The quantitative estimate of drug-likeness (QED) is 0.154. The van der Waals surface area contributed by atoms with Crippen LogP contribution in [0.1, 0.15) is 25.7 Å². The maximum atomic E-state index is 11.2. The van der Waals surface area contributed by atoms with E-state index in [1.807, 2.05) is 0 Å². The predicted octanol–water partition coefficient (Wildman–Crippen LogP) is 4.46. The Morgan fingerprint density at radius 1 is 1.19 bits per heavy atom. The minimum Gasteiger partial charge on any atom is -0.487 e. The van der Waals surface area contributed by atoms with E-state index in [9.17, 15) is 19.9 Å². The minimum absolute atomic E-state index is 0.0154. The molecule has 0 bridgehead atoms. The zero-order valence-corrected chi connectivity index (χ0v) is 15.3. The molecule has 1 unspecified atom stereocenters. The molecular weight excluding hydrogens is 386 g/mol. The molecule has 1 aliphatic heterocycles. The van der Waals surface area contributed by atoms with Gasteiger partial charge < -0.3 is 14.2 Å². The molecule has 0 saturated carbocycles. The summed E-state index contributed by atoms with van der Waals surface area (Å²) in [5, 5.41) is 11.2. The molecule has 2 rings (SSSR count). The number of unbranched alkanes of at least 4 members (excludes halogenated alkanes) is 1. The Hall–Kier alpha value is -2.08. The molecule has 0 fully saturated rings. The van der Waals surface area contributed by atoms with Gasteiger partial charge in [-0.15, -0.1) is 9.81 Å². The third-order valence-electron chi connectivity index (χ3n) is 3.60. The molecule has 1 atom stereocenters. The van der Waals surface area contributed by atoms with Gasteiger partial charge in [-0.25, -0.2) is 0 Å². The second-order valence-electron chi connectivity index (χ2n) is 5.27. The number of nitro groups is 1. The number of nitrogens with zero attached hydrogens (tertiary/aromatic N) is 3. The lowest BCUT2D eigenvalue weighted by molar-refractivity contribution is -0.385. The number of nitro benzene ring substituents is 1. The average Bonchev–Trinajstić information content (AvgIpc) is 3.08. The van der Waals surface area contributed by atoms with Crippen LogP contribution in [-0.2, 0) is 0 Å². The fourth-order valence-electron chi connectivity index (χ4n) is 2.36. The lowest BCUT2D eigenvalue weighted by Gasteiger charge is -2.11. The van der Waals surface area contributed by atoms with Crippen LogP contribution in [0.3, 0.4) is 0 Å². The number of rotatable bonds is 13. The Morgan fingerprint density at radius 2 is 1.96 bits per heavy atom. The predicted molar refractivity (Wildman–Crippen MR) is 98.6 cm³/mol. The molecular formula is C14H17N3O7S2. The summed E-state index contributed by atoms with van der Waals surface area (Å²) in [6.07, 6.45) is 2.79. The van der Waals surface area contributed by atoms with Crippen molar-refractivity contribution in [2.75, 3.05) is 19.2 Å². The second-order valence-corrected chi connectivity index (χ2v) is 7.12. The minimum atomic E-state index is -0.529. The molecule has 142 valence electrons. The summed E-state index contributed by atoms with van der Waals surface area (Å²) in [5.41, 5.74) is -0.175. The maximum Gasteiger partial charge on any atom is 0.314 e. The first-order valence-corrected chi connectivity index (χ1v) is 9.57. The van der Waals surface area contributed by atoms with E-state index in [1.54, 1.807) is 0 Å². The van der Waals surface area contributed by atoms with E-state index < -0.39 is 4.92 Å². The number of ether oxygens (including phenoxy) is 3. The molecule has 0 spiro atoms. The van der Waals surface area contributed by atoms with Gasteiger partial charge in [0.25, 0.3) is 0 Å². The topological polar surface area (TPSA) is 130 Å². The number of hydrogen-bond donors (Lipinski definition) is 0. The molecule has 1 aromatic rings. The normalized spacial score (nSPS) is 13.2. The van der Waals surface area contributed by atoms with Crippen molar-refractivity contribution in [1.29, 1.82) is 0 Å². The highest BCUT2D eigenvalue weighted by Crippen LogP contribution is 2.41. The molecule has 1 aliphatic rings. The lowest BCUT2D eigenvalue weighted by atomic mass is 10.1. The van der Waals surface area contributed by atoms with Crippen molar-refractivity contribution < 1.29 is 19.1 Å². The summed E-state index contributed by atoms with van der Waals surface area (Å²) >= 11 is 1.87. The largest absolute Gasteiger partial charge is 0.487 e. The van der Waals surface area contributed by atoms with Crippen molar-refractivity contribution in [3.63, 3.8) is 0 Å². The molecule has 26 heavy (non-hydrogen) atoms. The first-order valence-electron chi connectivity index (χ1n) is 7.79. The highest BCUT2D eigenvalue weighted by atomic mass is 32.2. The first kappa shape index (κ1) is 20.2. The van der Waals surface area contributed by atoms with Crippen LogP contribution in [0, 0.1) is 19.9 Å². The highest BCUT2D eigenvalue weighted by molar-refractivity contribution is 7.99. The van der Waals surface area contributed by atoms with Crippen LogP contribution in [-0.4, -0.2) is 29.3 Å². The average molecular weight is 403 g/mol. The van der Waals surface area contributed by atoms with E-state index in [1.165, 1.54) is 12.1 Å². The molecule has 0 amide bonds. The fourth-order valence-corrected chi connectivity index (χ4v) is 3.59. The zero-order chi connectivity index (χ0) is 18.8. The number of fused-ring (bicyclic) bond motifs is 1. The van der Waals surface area contributed by atoms with E-state index in [2.05, 4.69) is 9.16 Å². The fraction of sp³-hybridized carbons (Fsp3) is 0.571. The maximum absolute atomic E-state index is 11.2. The van der Waals surface area contributed by atoms with Crippen LogP contribution >= 0.6 is 23.9 Å². The van der Waals surface area contributed by atoms with Gasteiger partial charge in [-0.1, -0.05) is 0 Å². The van der Waals surface area contributed by atoms with Crippen LogP contribution < -0.4 is 14.2 Å². The van der Waals surface area contributed by atoms with Crippen molar-refractivity contribution in [2.45, 2.75) is 30.9 Å². The summed E-state index contributed by atoms with van der Waals surface area (Å²) in [6, 6.07) is 2.75. The van der Waals surface area contributed by atoms with Crippen molar-refractivity contribution in [2.24, 2.45) is 9.16 Å². The van der Waals surface area contributed by atoms with Gasteiger partial charge in [0.05, 0.1) is 17.6 Å². The molecule has 0 saturated heterocycles. The standard InChI is InChI=1S/C14H17N3O7S2/c18-15-25-6-4-10(26-16-19)3-1-2-5-22-12-8-14-13(23-9-24-14)7-11(12)17(20)21/h7-8,10H,1-6,9H2. The van der Waals surface area contributed by atoms with Crippen LogP contribution in [0.5, 0.6) is 17.2 Å². The third-order valence-corrected chi connectivity index (χ3v) is 4.98. The van der Waals surface area contributed by atoms with Crippen LogP contribution in [0.15, 0.2) is 21.3 Å². The van der Waals surface area contributed by atoms with Gasteiger partial charge in [-0.2, -0.15) is 0 Å². The number of nitroso groups, excluding NO2 is 2. The van der Waals surface area contributed by atoms with Gasteiger partial charge >= 0.3 is 5.69 Å². The van der Waals surface area contributed by atoms with Crippen LogP contribution in [0.2, 0.25) is 0 Å². The molecule has 10 nitrogen and oxygen atoms in total. The van der Waals surface area contributed by atoms with Gasteiger partial charge in [-0.3, -0.25) is 10.1 Å². The third kappa shape index (κ3) is 6.02. The number of hydrogen-bond acceptors (Lipinski definition) is 11. The van der Waals surface area contributed by atoms with Crippen LogP contribution in [0.4, 0.5) is 5.69 Å². The van der Waals surface area contributed by atoms with E-state index in [4.69, 9.17) is 14.2 Å². The lowest BCUT2D eigenvalue weighted by Crippen LogP contribution is -2.05. The first-order chi connectivity index (χ1) is 12.7. The summed E-state index contributed by atoms with van der Waals surface area (Å²) in [4.78, 5) is 31.1. The van der Waals surface area contributed by atoms with Crippen molar-refractivity contribution >= 4 is 29.6 Å². The second kappa shape index (κ2) is 10.8. The van der Waals surface area contributed by atoms with E-state index in [0.29, 0.717) is 30.1 Å². The highest BCUT2D eigenvalue weighted by Gasteiger charge is 2.24. The van der Waals surface area contributed by atoms with E-state index >= 15 is 0 Å². The summed E-state index contributed by atoms with van der Waals surface area (Å²) < 4.78 is 21.4. The molecule has 0 aromatic heterocycles. The van der Waals surface area contributed by atoms with Gasteiger partial charge in [-0.05, 0) is 25.7 Å². The summed E-state index contributed by atoms with van der Waals surface area (Å²) in [7, 11) is 0. The Balaban J connectivity index is 1.79. The SMILES string of the molecule is O=NSCCC(CCCCOc1cc2c(cc1[N+](=O)[O-])OCO2)SN=O. The van der Waals surface area contributed by atoms with Gasteiger partial charge in [0, 0.05) is 50.1 Å². The Kier molecular flexibility index (Phi) is 8.41. The zero-order valence-electron chi connectivity index (χ0n) is 13.7. The Labute approximate surface area is 157 Å². The molecule has 1 heterocycles. The van der Waals surface area contributed by atoms with Gasteiger partial charge in [0.15, 0.2) is 11.5 Å². The molecule has 1 aromatic carbocycles. The van der Waals surface area contributed by atoms with Crippen molar-refractivity contribution in [3.05, 3.63) is 32.1 Å². The van der Waals surface area contributed by atoms with E-state index in [-0.39, 0.29) is 30.1 Å². The molecule has 0 aliphatic carbocycles. The van der Waals surface area contributed by atoms with Crippen molar-refractivity contribution in [1.82, 2.24) is 0 Å². The monoisotopic (exact) mass is 403 g/mol. The Bertz CT molecular complexity index is 647. The summed E-state index contributed by atoms with van der Waals surface area (Å²) in [6.45, 7) is 0.314. The van der Waals surface area contributed by atoms with Crippen molar-refractivity contribution in [3.8, 4) is 17.2 Å². The molecule has 0 N–H and O–H groups in total. The molecule has 0 radical (unpaired) electrons. The molecule has 12 heteroatoms. The smallest absolute Gasteiger partial charge is 0.314 e. The van der Waals surface area contributed by atoms with Gasteiger partial charge in [0.2, 0.25) is 12.5 Å². The Morgan fingerprint density at radius 3 is 2.65 bits per heavy atom. The van der Waals surface area contributed by atoms with Crippen LogP contribution in [0.25, 0.3) is 0 Å².